The van der Waals surface area contributed by atoms with Crippen molar-refractivity contribution in [3.05, 3.63) is 51.7 Å². The van der Waals surface area contributed by atoms with Crippen molar-refractivity contribution in [2.24, 2.45) is 0 Å². The minimum atomic E-state index is -0.851. The van der Waals surface area contributed by atoms with Crippen LogP contribution in [0.25, 0.3) is 0 Å². The van der Waals surface area contributed by atoms with E-state index in [-0.39, 0.29) is 6.61 Å². The van der Waals surface area contributed by atoms with Crippen molar-refractivity contribution in [2.75, 3.05) is 6.61 Å². The predicted molar refractivity (Wildman–Crippen MR) is 76.1 cm³/mol. The van der Waals surface area contributed by atoms with Gasteiger partial charge in [-0.15, -0.1) is 11.3 Å². The average Bonchev–Trinajstić information content (AvgIpc) is 2.78. The molecule has 0 radical (unpaired) electrons. The number of thiophene rings is 1. The van der Waals surface area contributed by atoms with Crippen LogP contribution in [0.5, 0.6) is 5.75 Å². The second-order valence-electron chi connectivity index (χ2n) is 4.42. The molecule has 1 aromatic heterocycles. The van der Waals surface area contributed by atoms with Crippen LogP contribution in [0.3, 0.4) is 0 Å². The van der Waals surface area contributed by atoms with Crippen LogP contribution in [-0.4, -0.2) is 17.7 Å². The molecule has 19 heavy (non-hydrogen) atoms. The van der Waals surface area contributed by atoms with E-state index in [2.05, 4.69) is 0 Å². The third kappa shape index (κ3) is 3.35. The highest BCUT2D eigenvalue weighted by atomic mass is 32.1. The highest BCUT2D eigenvalue weighted by Gasteiger charge is 2.22. The second-order valence-corrected chi connectivity index (χ2v) is 5.74. The number of aliphatic carboxylic acids is 1. The van der Waals surface area contributed by atoms with Crippen LogP contribution in [0, 0.1) is 13.8 Å². The van der Waals surface area contributed by atoms with Gasteiger partial charge in [0.25, 0.3) is 0 Å². The number of carboxylic acids is 1. The number of para-hydroxylation sites is 1. The molecule has 2 rings (SSSR count). The van der Waals surface area contributed by atoms with Gasteiger partial charge in [-0.2, -0.15) is 0 Å². The maximum Gasteiger partial charge on any atom is 0.315 e. The predicted octanol–water partition coefficient (Wildman–Crippen LogP) is 3.61. The summed E-state index contributed by atoms with van der Waals surface area (Å²) in [4.78, 5) is 13.3. The third-order valence-electron chi connectivity index (χ3n) is 2.90. The lowest BCUT2D eigenvalue weighted by Gasteiger charge is -2.13. The molecule has 4 heteroatoms. The lowest BCUT2D eigenvalue weighted by atomic mass is 10.1. The molecular formula is C15H16O3S. The highest BCUT2D eigenvalue weighted by Crippen LogP contribution is 2.26. The molecule has 1 N–H and O–H groups in total. The Morgan fingerprint density at radius 3 is 2.58 bits per heavy atom. The average molecular weight is 276 g/mol. The minimum Gasteiger partial charge on any atom is -0.492 e. The maximum atomic E-state index is 11.3. The Morgan fingerprint density at radius 2 is 2.00 bits per heavy atom. The number of hydrogen-bond acceptors (Lipinski definition) is 3. The largest absolute Gasteiger partial charge is 0.492 e. The number of benzene rings is 1. The van der Waals surface area contributed by atoms with Gasteiger partial charge >= 0.3 is 5.97 Å². The molecule has 3 nitrogen and oxygen atoms in total. The van der Waals surface area contributed by atoms with Crippen molar-refractivity contribution >= 4 is 17.3 Å². The molecule has 1 atom stereocenters. The molecule has 0 amide bonds. The second kappa shape index (κ2) is 5.89. The molecule has 0 aliphatic heterocycles. The van der Waals surface area contributed by atoms with Crippen molar-refractivity contribution in [3.63, 3.8) is 0 Å². The Labute approximate surface area is 116 Å². The van der Waals surface area contributed by atoms with E-state index in [1.54, 1.807) is 0 Å². The van der Waals surface area contributed by atoms with E-state index in [1.165, 1.54) is 11.3 Å². The van der Waals surface area contributed by atoms with Gasteiger partial charge < -0.3 is 9.84 Å². The van der Waals surface area contributed by atoms with E-state index < -0.39 is 11.9 Å². The molecule has 1 unspecified atom stereocenters. The van der Waals surface area contributed by atoms with Crippen LogP contribution in [0.2, 0.25) is 0 Å². The van der Waals surface area contributed by atoms with Crippen molar-refractivity contribution in [1.82, 2.24) is 0 Å². The smallest absolute Gasteiger partial charge is 0.315 e. The summed E-state index contributed by atoms with van der Waals surface area (Å²) in [5, 5.41) is 9.31. The van der Waals surface area contributed by atoms with E-state index in [4.69, 9.17) is 4.74 Å². The van der Waals surface area contributed by atoms with Gasteiger partial charge in [-0.05, 0) is 37.6 Å². The van der Waals surface area contributed by atoms with E-state index in [9.17, 15) is 9.90 Å². The fourth-order valence-electron chi connectivity index (χ4n) is 1.81. The molecular weight excluding hydrogens is 260 g/mol. The summed E-state index contributed by atoms with van der Waals surface area (Å²) in [7, 11) is 0. The van der Waals surface area contributed by atoms with E-state index in [0.29, 0.717) is 0 Å². The quantitative estimate of drug-likeness (QED) is 0.907. The molecule has 0 spiro atoms. The Bertz CT molecular complexity index is 574. The molecule has 0 aliphatic carbocycles. The molecule has 1 heterocycles. The Balaban J connectivity index is 2.10. The van der Waals surface area contributed by atoms with Gasteiger partial charge in [0.1, 0.15) is 18.3 Å². The standard InChI is InChI=1S/C15H16O3S/c1-10-5-3-4-6-13(10)18-9-12(15(16)17)14-8-7-11(2)19-14/h3-8,12H,9H2,1-2H3,(H,16,17). The fourth-order valence-corrected chi connectivity index (χ4v) is 2.76. The SMILES string of the molecule is Cc1ccc(C(COc2ccccc2C)C(=O)O)s1. The van der Waals surface area contributed by atoms with E-state index >= 15 is 0 Å². The lowest BCUT2D eigenvalue weighted by Crippen LogP contribution is -2.18. The van der Waals surface area contributed by atoms with E-state index in [0.717, 1.165) is 21.1 Å². The highest BCUT2D eigenvalue weighted by molar-refractivity contribution is 7.12. The molecule has 0 fully saturated rings. The molecule has 0 aliphatic rings. The summed E-state index contributed by atoms with van der Waals surface area (Å²) >= 11 is 1.50. The summed E-state index contributed by atoms with van der Waals surface area (Å²) < 4.78 is 5.65. The van der Waals surface area contributed by atoms with Gasteiger partial charge in [0.2, 0.25) is 0 Å². The topological polar surface area (TPSA) is 46.5 Å². The van der Waals surface area contributed by atoms with Crippen molar-refractivity contribution in [3.8, 4) is 5.75 Å². The van der Waals surface area contributed by atoms with Gasteiger partial charge in [0.15, 0.2) is 0 Å². The molecule has 0 saturated heterocycles. The summed E-state index contributed by atoms with van der Waals surface area (Å²) in [6.45, 7) is 4.07. The first-order chi connectivity index (χ1) is 9.08. The normalized spacial score (nSPS) is 12.1. The monoisotopic (exact) mass is 276 g/mol. The van der Waals surface area contributed by atoms with Gasteiger partial charge in [-0.25, -0.2) is 0 Å². The molecule has 100 valence electrons. The zero-order valence-corrected chi connectivity index (χ0v) is 11.7. The molecule has 0 bridgehead atoms. The van der Waals surface area contributed by atoms with Crippen molar-refractivity contribution in [2.45, 2.75) is 19.8 Å². The molecule has 0 saturated carbocycles. The summed E-state index contributed by atoms with van der Waals surface area (Å²) in [6.07, 6.45) is 0. The summed E-state index contributed by atoms with van der Waals surface area (Å²) in [6, 6.07) is 11.4. The Morgan fingerprint density at radius 1 is 1.26 bits per heavy atom. The van der Waals surface area contributed by atoms with Crippen LogP contribution in [0.4, 0.5) is 0 Å². The van der Waals surface area contributed by atoms with Gasteiger partial charge in [-0.1, -0.05) is 18.2 Å². The summed E-state index contributed by atoms with van der Waals surface area (Å²) in [5.74, 6) is -0.726. The first-order valence-corrected chi connectivity index (χ1v) is 6.87. The van der Waals surface area contributed by atoms with Crippen molar-refractivity contribution < 1.29 is 14.6 Å². The van der Waals surface area contributed by atoms with Crippen molar-refractivity contribution in [1.29, 1.82) is 0 Å². The fraction of sp³-hybridized carbons (Fsp3) is 0.267. The minimum absolute atomic E-state index is 0.153. The zero-order valence-electron chi connectivity index (χ0n) is 10.9. The number of aryl methyl sites for hydroxylation is 2. The molecule has 1 aromatic carbocycles. The van der Waals surface area contributed by atoms with Gasteiger partial charge in [0, 0.05) is 9.75 Å². The van der Waals surface area contributed by atoms with Crippen LogP contribution in [0.1, 0.15) is 21.2 Å². The maximum absolute atomic E-state index is 11.3. The Hall–Kier alpha value is -1.81. The van der Waals surface area contributed by atoms with Crippen LogP contribution >= 0.6 is 11.3 Å². The number of ether oxygens (including phenoxy) is 1. The third-order valence-corrected chi connectivity index (χ3v) is 4.02. The van der Waals surface area contributed by atoms with Crippen LogP contribution in [0.15, 0.2) is 36.4 Å². The lowest BCUT2D eigenvalue weighted by molar-refractivity contribution is -0.139. The molecule has 2 aromatic rings. The summed E-state index contributed by atoms with van der Waals surface area (Å²) in [5.41, 5.74) is 1.01. The number of hydrogen-bond donors (Lipinski definition) is 1. The Kier molecular flexibility index (Phi) is 4.22. The number of carboxylic acid groups (broad SMARTS) is 1. The first kappa shape index (κ1) is 13.6. The van der Waals surface area contributed by atoms with Crippen LogP contribution < -0.4 is 4.74 Å². The first-order valence-electron chi connectivity index (χ1n) is 6.05. The number of carbonyl (C=O) groups is 1. The number of rotatable bonds is 5. The van der Waals surface area contributed by atoms with Gasteiger partial charge in [-0.3, -0.25) is 4.79 Å². The zero-order chi connectivity index (χ0) is 13.8. The van der Waals surface area contributed by atoms with Crippen LogP contribution in [-0.2, 0) is 4.79 Å². The van der Waals surface area contributed by atoms with Gasteiger partial charge in [0.05, 0.1) is 0 Å². The van der Waals surface area contributed by atoms with E-state index in [1.807, 2.05) is 50.2 Å².